The molecule has 28 heteroatoms. The number of nitrogens with zero attached hydrogens (tertiary/aromatic N) is 4. The summed E-state index contributed by atoms with van der Waals surface area (Å²) in [5.41, 5.74) is -1.84. The van der Waals surface area contributed by atoms with Gasteiger partial charge in [-0.05, 0) is 42.5 Å². The number of thioether (sulfide) groups is 1. The Morgan fingerprint density at radius 2 is 1.09 bits per heavy atom. The number of thiocarbonyl (C=S) groups is 1. The van der Waals surface area contributed by atoms with Crippen LogP contribution in [0.25, 0.3) is 0 Å². The van der Waals surface area contributed by atoms with Crippen LogP contribution in [0.5, 0.6) is 0 Å². The van der Waals surface area contributed by atoms with Crippen LogP contribution in [0.15, 0.2) is 109 Å². The van der Waals surface area contributed by atoms with Crippen LogP contribution in [0.3, 0.4) is 0 Å². The summed E-state index contributed by atoms with van der Waals surface area (Å²) in [6.45, 7) is 0. The van der Waals surface area contributed by atoms with Gasteiger partial charge < -0.3 is 18.2 Å². The van der Waals surface area contributed by atoms with E-state index in [0.29, 0.717) is 41.4 Å². The molecule has 2 aromatic carbocycles. The molecule has 0 bridgehead atoms. The molecule has 0 spiro atoms. The summed E-state index contributed by atoms with van der Waals surface area (Å²) in [6, 6.07) is 4.91. The first-order chi connectivity index (χ1) is 23.0. The molecule has 2 amide bonds. The van der Waals surface area contributed by atoms with E-state index in [-0.39, 0.29) is 128 Å². The number of hydrogen-bond donors (Lipinski definition) is 0. The van der Waals surface area contributed by atoms with Gasteiger partial charge in [-0.15, -0.1) is 0 Å². The molecule has 54 heavy (non-hydrogen) atoms. The second kappa shape index (κ2) is 21.0. The fourth-order valence-corrected chi connectivity index (χ4v) is 7.75. The van der Waals surface area contributed by atoms with Crippen molar-refractivity contribution in [3.05, 3.63) is 84.5 Å². The number of hydrogen-bond acceptors (Lipinski definition) is 18. The van der Waals surface area contributed by atoms with Crippen molar-refractivity contribution in [1.29, 1.82) is 5.26 Å². The van der Waals surface area contributed by atoms with Gasteiger partial charge in [-0.2, -0.15) is 15.4 Å². The van der Waals surface area contributed by atoms with Gasteiger partial charge in [0.15, 0.2) is 5.71 Å². The summed E-state index contributed by atoms with van der Waals surface area (Å²) < 4.78 is 138. The average molecular weight is 891 g/mol. The molecule has 262 valence electrons. The van der Waals surface area contributed by atoms with Gasteiger partial charge >= 0.3 is 118 Å². The maximum atomic E-state index is 13.0. The molecule has 0 saturated carbocycles. The number of rotatable bonds is 10. The minimum atomic E-state index is -5.29. The molecule has 1 atom stereocenters. The van der Waals surface area contributed by atoms with Crippen LogP contribution in [0.1, 0.15) is 0 Å². The number of benzene rings is 2. The Labute approximate surface area is 407 Å². The van der Waals surface area contributed by atoms with Crippen LogP contribution in [0.2, 0.25) is 0 Å². The number of allylic oxidation sites excluding steroid dienone is 6. The number of carbonyl (C=O) groups excluding carboxylic acids is 2. The van der Waals surface area contributed by atoms with Crippen LogP contribution in [-0.4, -0.2) is 79.0 Å². The topological polar surface area (TPSA) is 306 Å². The fourth-order valence-electron chi connectivity index (χ4n) is 4.06. The number of amides is 2. The van der Waals surface area contributed by atoms with Crippen molar-refractivity contribution in [3.63, 3.8) is 0 Å². The Morgan fingerprint density at radius 3 is 1.52 bits per heavy atom. The predicted octanol–water partition coefficient (Wildman–Crippen LogP) is -11.4. The zero-order valence-corrected chi connectivity index (χ0v) is 40.9. The van der Waals surface area contributed by atoms with E-state index in [2.05, 4.69) is 5.10 Å². The van der Waals surface area contributed by atoms with Gasteiger partial charge in [0, 0.05) is 0 Å². The molecular weight excluding hydrogens is 877 g/mol. The van der Waals surface area contributed by atoms with Crippen molar-refractivity contribution in [2.45, 2.75) is 24.8 Å². The van der Waals surface area contributed by atoms with E-state index in [0.717, 1.165) is 22.7 Å². The van der Waals surface area contributed by atoms with Crippen LogP contribution >= 0.6 is 24.0 Å². The third-order valence-electron chi connectivity index (χ3n) is 6.24. The van der Waals surface area contributed by atoms with Gasteiger partial charge in [0.05, 0.1) is 36.5 Å². The normalized spacial score (nSPS) is 17.3. The quantitative estimate of drug-likeness (QED) is 0.0703. The summed E-state index contributed by atoms with van der Waals surface area (Å²) in [6.07, 6.45) is 9.29. The van der Waals surface area contributed by atoms with E-state index in [1.54, 1.807) is 6.07 Å². The number of nitriles is 1. The van der Waals surface area contributed by atoms with E-state index in [4.69, 9.17) is 12.2 Å². The summed E-state index contributed by atoms with van der Waals surface area (Å²) in [4.78, 5) is 22.3. The first-order valence-corrected chi connectivity index (χ1v) is 19.7. The second-order valence-corrected chi connectivity index (χ2v) is 16.8. The largest absolute Gasteiger partial charge is 1.00 e. The molecule has 1 unspecified atom stereocenters. The van der Waals surface area contributed by atoms with Crippen molar-refractivity contribution < 1.29 is 180 Å². The number of carbonyl (C=O) groups is 2. The summed E-state index contributed by atoms with van der Waals surface area (Å²) in [5.74, 6) is -1.80. The first kappa shape index (κ1) is 53.6. The predicted molar refractivity (Wildman–Crippen MR) is 172 cm³/mol. The maximum Gasteiger partial charge on any atom is 1.00 e. The third-order valence-corrected chi connectivity index (χ3v) is 11.0. The molecule has 2 aromatic rings. The van der Waals surface area contributed by atoms with Crippen LogP contribution in [0.4, 0.5) is 11.4 Å². The standard InChI is InChI=1S/C26H18N4O14S6.4Na/c27-14-22-21(24(31)30(28-22)16-10-19(49(39,40)41)13-20(11-16)50(42,43)44)6-4-2-1-3-5-7-23-25(32)29(26(45)46-23)15-8-17(47(33,34)35)12-18(9-15)48(36,37)38;;;;/h1-13,23H,(H,33,34,35)(H,36,37,38)(H,39,40,41)(H,42,43,44);;;;/q;4*+1/p-4/b3-1+,4-2+,7-5+,21-6-;;;;. The Hall–Kier alpha value is -0.420. The van der Waals surface area contributed by atoms with Gasteiger partial charge in [0.1, 0.15) is 56.1 Å². The molecule has 4 rings (SSSR count). The van der Waals surface area contributed by atoms with E-state index in [9.17, 15) is 66.7 Å². The maximum absolute atomic E-state index is 13.0. The van der Waals surface area contributed by atoms with Crippen molar-refractivity contribution in [2.75, 3.05) is 9.91 Å². The molecule has 0 aromatic heterocycles. The second-order valence-electron chi connectivity index (χ2n) is 9.53. The zero-order valence-electron chi connectivity index (χ0n) is 28.0. The molecule has 0 radical (unpaired) electrons. The molecule has 2 aliphatic rings. The van der Waals surface area contributed by atoms with Crippen molar-refractivity contribution >= 4 is 97.7 Å². The van der Waals surface area contributed by atoms with Crippen molar-refractivity contribution in [2.24, 2.45) is 5.10 Å². The summed E-state index contributed by atoms with van der Waals surface area (Å²) >= 11 is 5.96. The molecule has 18 nitrogen and oxygen atoms in total. The van der Waals surface area contributed by atoms with Gasteiger partial charge in [0.25, 0.3) is 5.91 Å². The van der Waals surface area contributed by atoms with Gasteiger partial charge in [-0.25, -0.2) is 33.7 Å². The average Bonchev–Trinajstić information content (AvgIpc) is 3.47. The smallest absolute Gasteiger partial charge is 0.744 e. The molecular formula is C26H14N4Na4O14S6. The minimum absolute atomic E-state index is 0. The molecule has 1 fully saturated rings. The Kier molecular flexibility index (Phi) is 20.9. The first-order valence-electron chi connectivity index (χ1n) is 12.8. The van der Waals surface area contributed by atoms with Gasteiger partial charge in [-0.3, -0.25) is 14.5 Å². The van der Waals surface area contributed by atoms with E-state index < -0.39 is 94.2 Å². The summed E-state index contributed by atoms with van der Waals surface area (Å²) in [7, 11) is -21.0. The van der Waals surface area contributed by atoms with Gasteiger partial charge in [-0.1, -0.05) is 60.4 Å². The molecule has 0 N–H and O–H groups in total. The molecule has 1 saturated heterocycles. The zero-order chi connectivity index (χ0) is 37.4. The van der Waals surface area contributed by atoms with E-state index in [1.807, 2.05) is 0 Å². The third kappa shape index (κ3) is 13.3. The van der Waals surface area contributed by atoms with Crippen LogP contribution in [-0.2, 0) is 50.1 Å². The monoisotopic (exact) mass is 890 g/mol. The van der Waals surface area contributed by atoms with Crippen molar-refractivity contribution in [1.82, 2.24) is 0 Å². The van der Waals surface area contributed by atoms with Crippen LogP contribution < -0.4 is 128 Å². The Balaban J connectivity index is 0.00000702. The molecule has 2 aliphatic heterocycles. The van der Waals surface area contributed by atoms with Crippen LogP contribution in [0, 0.1) is 11.3 Å². The summed E-state index contributed by atoms with van der Waals surface area (Å²) in [5, 5.41) is 12.6. The van der Waals surface area contributed by atoms with E-state index >= 15 is 0 Å². The van der Waals surface area contributed by atoms with Crippen molar-refractivity contribution in [3.8, 4) is 6.07 Å². The number of hydrazone groups is 1. The number of anilines is 2. The minimum Gasteiger partial charge on any atom is -0.744 e. The van der Waals surface area contributed by atoms with E-state index in [1.165, 1.54) is 36.5 Å². The molecule has 2 heterocycles. The SMILES string of the molecule is N#CC1=NN(c2cc(S(=O)(=O)[O-])cc(S(=O)(=O)[O-])c2)C(=O)\C1=C/C=C/C=C/C=C/C1SC(=S)N(c2cc(S(=O)(=O)[O-])cc(S(=O)(=O)[O-])c2)C1=O.[Na+].[Na+].[Na+].[Na+]. The molecule has 0 aliphatic carbocycles. The Morgan fingerprint density at radius 1 is 0.685 bits per heavy atom. The fraction of sp³-hybridized carbons (Fsp3) is 0.0385. The Bertz CT molecular complexity index is 2420. The van der Waals surface area contributed by atoms with Gasteiger partial charge in [0.2, 0.25) is 5.91 Å².